The summed E-state index contributed by atoms with van der Waals surface area (Å²) in [7, 11) is 1.57. The predicted octanol–water partition coefficient (Wildman–Crippen LogP) is 2.39. The number of furan rings is 1. The number of halogens is 1. The molecule has 142 valence electrons. The molecule has 0 saturated heterocycles. The number of aliphatic imine (C=N–C) groups is 1. The predicted molar refractivity (Wildman–Crippen MR) is 112 cm³/mol. The van der Waals surface area contributed by atoms with E-state index < -0.39 is 0 Å². The van der Waals surface area contributed by atoms with Crippen LogP contribution >= 0.6 is 24.0 Å². The van der Waals surface area contributed by atoms with Crippen LogP contribution in [0.25, 0.3) is 0 Å². The highest BCUT2D eigenvalue weighted by Crippen LogP contribution is 2.12. The molecule has 2 rings (SSSR count). The molecular formula is C18H25IN4O3. The second kappa shape index (κ2) is 12.2. The lowest BCUT2D eigenvalue weighted by Gasteiger charge is -2.12. The van der Waals surface area contributed by atoms with Crippen LogP contribution in [0.3, 0.4) is 0 Å². The van der Waals surface area contributed by atoms with Crippen molar-refractivity contribution in [3.63, 3.8) is 0 Å². The molecule has 1 aromatic heterocycles. The summed E-state index contributed by atoms with van der Waals surface area (Å²) < 4.78 is 10.4. The van der Waals surface area contributed by atoms with Crippen LogP contribution < -0.4 is 20.7 Å². The molecule has 0 aliphatic heterocycles. The quantitative estimate of drug-likeness (QED) is 0.238. The first kappa shape index (κ1) is 21.8. The van der Waals surface area contributed by atoms with Gasteiger partial charge in [-0.2, -0.15) is 0 Å². The van der Waals surface area contributed by atoms with E-state index in [2.05, 4.69) is 20.9 Å². The summed E-state index contributed by atoms with van der Waals surface area (Å²) in [4.78, 5) is 16.5. The molecule has 0 unspecified atom stereocenters. The lowest BCUT2D eigenvalue weighted by Crippen LogP contribution is -2.41. The number of rotatable bonds is 8. The minimum Gasteiger partial charge on any atom is -0.497 e. The number of hydrogen-bond acceptors (Lipinski definition) is 4. The van der Waals surface area contributed by atoms with Crippen molar-refractivity contribution >= 4 is 35.8 Å². The van der Waals surface area contributed by atoms with Gasteiger partial charge in [-0.05, 0) is 37.3 Å². The zero-order valence-electron chi connectivity index (χ0n) is 15.0. The van der Waals surface area contributed by atoms with Crippen molar-refractivity contribution in [3.8, 4) is 5.75 Å². The average Bonchev–Trinajstić information content (AvgIpc) is 3.16. The molecule has 0 atom stereocenters. The minimum atomic E-state index is -0.141. The molecule has 0 aliphatic carbocycles. The number of carbonyl (C=O) groups excluding carboxylic acids is 1. The molecule has 0 fully saturated rings. The molecule has 0 spiro atoms. The maximum atomic E-state index is 12.1. The summed E-state index contributed by atoms with van der Waals surface area (Å²) in [6.07, 6.45) is 1.62. The number of ether oxygens (including phenoxy) is 1. The Hall–Kier alpha value is -2.23. The zero-order valence-corrected chi connectivity index (χ0v) is 17.3. The molecular weight excluding hydrogens is 447 g/mol. The summed E-state index contributed by atoms with van der Waals surface area (Å²) in [5, 5.41) is 9.18. The Kier molecular flexibility index (Phi) is 10.2. The molecule has 1 amide bonds. The number of nitrogens with zero attached hydrogens (tertiary/aromatic N) is 1. The van der Waals surface area contributed by atoms with Gasteiger partial charge in [0.05, 0.1) is 13.4 Å². The maximum absolute atomic E-state index is 12.1. The Morgan fingerprint density at radius 2 is 1.96 bits per heavy atom. The van der Waals surface area contributed by atoms with Crippen LogP contribution in [0, 0.1) is 0 Å². The van der Waals surface area contributed by atoms with Gasteiger partial charge < -0.3 is 25.1 Å². The highest BCUT2D eigenvalue weighted by molar-refractivity contribution is 14.0. The third-order valence-corrected chi connectivity index (χ3v) is 3.35. The number of hydrogen-bond donors (Lipinski definition) is 3. The highest BCUT2D eigenvalue weighted by atomic mass is 127. The SMILES string of the molecule is CCNC(=NCc1ccco1)NCCNC(=O)c1cccc(OC)c1.I. The second-order valence-corrected chi connectivity index (χ2v) is 5.19. The smallest absolute Gasteiger partial charge is 0.251 e. The van der Waals surface area contributed by atoms with Crippen LogP contribution in [0.1, 0.15) is 23.0 Å². The van der Waals surface area contributed by atoms with E-state index in [0.29, 0.717) is 36.9 Å². The number of benzene rings is 1. The zero-order chi connectivity index (χ0) is 17.9. The van der Waals surface area contributed by atoms with E-state index in [1.54, 1.807) is 37.6 Å². The van der Waals surface area contributed by atoms with Crippen LogP contribution in [-0.4, -0.2) is 38.6 Å². The number of nitrogens with one attached hydrogen (secondary N) is 3. The number of carbonyl (C=O) groups is 1. The summed E-state index contributed by atoms with van der Waals surface area (Å²) in [6, 6.07) is 10.8. The first-order valence-electron chi connectivity index (χ1n) is 8.19. The Balaban J connectivity index is 0.00000338. The first-order valence-corrected chi connectivity index (χ1v) is 8.19. The van der Waals surface area contributed by atoms with Crippen LogP contribution in [0.2, 0.25) is 0 Å². The molecule has 0 saturated carbocycles. The van der Waals surface area contributed by atoms with Gasteiger partial charge >= 0.3 is 0 Å². The summed E-state index contributed by atoms with van der Waals surface area (Å²) >= 11 is 0. The third kappa shape index (κ3) is 7.34. The fourth-order valence-electron chi connectivity index (χ4n) is 2.12. The van der Waals surface area contributed by atoms with Crippen molar-refractivity contribution in [2.75, 3.05) is 26.7 Å². The Morgan fingerprint density at radius 3 is 2.65 bits per heavy atom. The fourth-order valence-corrected chi connectivity index (χ4v) is 2.12. The number of methoxy groups -OCH3 is 1. The van der Waals surface area contributed by atoms with E-state index in [1.165, 1.54) is 0 Å². The van der Waals surface area contributed by atoms with E-state index in [4.69, 9.17) is 9.15 Å². The summed E-state index contributed by atoms with van der Waals surface area (Å²) in [5.74, 6) is 1.99. The van der Waals surface area contributed by atoms with Crippen molar-refractivity contribution in [2.24, 2.45) is 4.99 Å². The van der Waals surface area contributed by atoms with E-state index in [-0.39, 0.29) is 29.9 Å². The van der Waals surface area contributed by atoms with E-state index in [9.17, 15) is 4.79 Å². The van der Waals surface area contributed by atoms with E-state index in [0.717, 1.165) is 12.3 Å². The molecule has 3 N–H and O–H groups in total. The topological polar surface area (TPSA) is 87.9 Å². The van der Waals surface area contributed by atoms with Gasteiger partial charge in [-0.25, -0.2) is 4.99 Å². The molecule has 8 heteroatoms. The van der Waals surface area contributed by atoms with Gasteiger partial charge in [0.1, 0.15) is 18.1 Å². The van der Waals surface area contributed by atoms with Crippen LogP contribution in [0.5, 0.6) is 5.75 Å². The van der Waals surface area contributed by atoms with Crippen molar-refractivity contribution in [3.05, 3.63) is 54.0 Å². The molecule has 1 aromatic carbocycles. The van der Waals surface area contributed by atoms with Gasteiger partial charge in [-0.15, -0.1) is 24.0 Å². The normalized spacial score (nSPS) is 10.6. The lowest BCUT2D eigenvalue weighted by atomic mass is 10.2. The average molecular weight is 472 g/mol. The molecule has 7 nitrogen and oxygen atoms in total. The third-order valence-electron chi connectivity index (χ3n) is 3.35. The monoisotopic (exact) mass is 472 g/mol. The summed E-state index contributed by atoms with van der Waals surface area (Å²) in [6.45, 7) is 4.23. The first-order chi connectivity index (χ1) is 12.2. The molecule has 2 aromatic rings. The van der Waals surface area contributed by atoms with Crippen molar-refractivity contribution in [1.82, 2.24) is 16.0 Å². The van der Waals surface area contributed by atoms with Crippen LogP contribution in [0.4, 0.5) is 0 Å². The molecule has 1 heterocycles. The van der Waals surface area contributed by atoms with E-state index in [1.807, 2.05) is 19.1 Å². The van der Waals surface area contributed by atoms with Crippen molar-refractivity contribution in [1.29, 1.82) is 0 Å². The number of guanidine groups is 1. The lowest BCUT2D eigenvalue weighted by molar-refractivity contribution is 0.0954. The van der Waals surface area contributed by atoms with Gasteiger partial charge in [0.2, 0.25) is 0 Å². The van der Waals surface area contributed by atoms with Crippen LogP contribution in [0.15, 0.2) is 52.1 Å². The van der Waals surface area contributed by atoms with Gasteiger partial charge in [0.25, 0.3) is 5.91 Å². The van der Waals surface area contributed by atoms with Gasteiger partial charge in [-0.1, -0.05) is 6.07 Å². The minimum absolute atomic E-state index is 0. The molecule has 0 aliphatic rings. The standard InChI is InChI=1S/C18H24N4O3.HI/c1-3-19-18(22-13-16-8-5-11-25-16)21-10-9-20-17(23)14-6-4-7-15(12-14)24-2;/h4-8,11-12H,3,9-10,13H2,1-2H3,(H,20,23)(H2,19,21,22);1H. The van der Waals surface area contributed by atoms with Gasteiger partial charge in [0, 0.05) is 25.2 Å². The Bertz CT molecular complexity index is 690. The molecule has 0 radical (unpaired) electrons. The highest BCUT2D eigenvalue weighted by Gasteiger charge is 2.06. The van der Waals surface area contributed by atoms with Gasteiger partial charge in [0.15, 0.2) is 5.96 Å². The van der Waals surface area contributed by atoms with Crippen molar-refractivity contribution < 1.29 is 13.9 Å². The second-order valence-electron chi connectivity index (χ2n) is 5.19. The molecule has 0 bridgehead atoms. The largest absolute Gasteiger partial charge is 0.497 e. The Labute approximate surface area is 170 Å². The fraction of sp³-hybridized carbons (Fsp3) is 0.333. The van der Waals surface area contributed by atoms with Gasteiger partial charge in [-0.3, -0.25) is 4.79 Å². The van der Waals surface area contributed by atoms with E-state index >= 15 is 0 Å². The van der Waals surface area contributed by atoms with Crippen molar-refractivity contribution in [2.45, 2.75) is 13.5 Å². The summed E-state index contributed by atoms with van der Waals surface area (Å²) in [5.41, 5.74) is 0.567. The maximum Gasteiger partial charge on any atom is 0.251 e. The number of amides is 1. The molecule has 26 heavy (non-hydrogen) atoms. The Morgan fingerprint density at radius 1 is 1.15 bits per heavy atom. The van der Waals surface area contributed by atoms with Crippen LogP contribution in [-0.2, 0) is 6.54 Å².